The zero-order valence-electron chi connectivity index (χ0n) is 9.04. The minimum Gasteiger partial charge on any atom is -0.481 e. The van der Waals surface area contributed by atoms with Crippen LogP contribution in [0.4, 0.5) is 0 Å². The average molecular weight is 221 g/mol. The third-order valence-corrected chi connectivity index (χ3v) is 2.92. The van der Waals surface area contributed by atoms with Crippen LogP contribution in [0.15, 0.2) is 18.5 Å². The first-order valence-corrected chi connectivity index (χ1v) is 5.47. The van der Waals surface area contributed by atoms with Gasteiger partial charge in [0.1, 0.15) is 5.82 Å². The van der Waals surface area contributed by atoms with Gasteiger partial charge in [-0.25, -0.2) is 9.97 Å². The number of rotatable bonds is 3. The van der Waals surface area contributed by atoms with Gasteiger partial charge >= 0.3 is 5.97 Å². The van der Waals surface area contributed by atoms with Crippen molar-refractivity contribution in [3.63, 3.8) is 0 Å². The van der Waals surface area contributed by atoms with Crippen LogP contribution in [-0.4, -0.2) is 39.0 Å². The first-order chi connectivity index (χ1) is 7.75. The standard InChI is InChI=1S/C11H15N3O2/c15-11(16)9-2-6-14(7-3-9)8-10-12-4-1-5-13-10/h1,4-5,9H,2-3,6-8H2,(H,15,16). The van der Waals surface area contributed by atoms with Gasteiger partial charge < -0.3 is 5.11 Å². The van der Waals surface area contributed by atoms with E-state index in [9.17, 15) is 4.79 Å². The summed E-state index contributed by atoms with van der Waals surface area (Å²) in [5.74, 6) is -0.0418. The molecule has 1 aromatic rings. The molecule has 0 radical (unpaired) electrons. The van der Waals surface area contributed by atoms with Crippen molar-refractivity contribution >= 4 is 5.97 Å². The number of carboxylic acid groups (broad SMARTS) is 1. The maximum Gasteiger partial charge on any atom is 0.306 e. The van der Waals surface area contributed by atoms with Gasteiger partial charge in [-0.15, -0.1) is 0 Å². The van der Waals surface area contributed by atoms with Crippen molar-refractivity contribution in [2.75, 3.05) is 13.1 Å². The van der Waals surface area contributed by atoms with Gasteiger partial charge in [0.2, 0.25) is 0 Å². The Balaban J connectivity index is 1.84. The highest BCUT2D eigenvalue weighted by atomic mass is 16.4. The Bertz CT molecular complexity index is 348. The molecule has 1 aliphatic rings. The lowest BCUT2D eigenvalue weighted by Crippen LogP contribution is -2.36. The van der Waals surface area contributed by atoms with Crippen LogP contribution in [-0.2, 0) is 11.3 Å². The van der Waals surface area contributed by atoms with E-state index in [4.69, 9.17) is 5.11 Å². The first kappa shape index (κ1) is 11.0. The first-order valence-electron chi connectivity index (χ1n) is 5.47. The van der Waals surface area contributed by atoms with Crippen molar-refractivity contribution in [1.29, 1.82) is 0 Å². The molecule has 1 aliphatic heterocycles. The molecule has 0 unspecified atom stereocenters. The topological polar surface area (TPSA) is 66.3 Å². The summed E-state index contributed by atoms with van der Waals surface area (Å²) in [5.41, 5.74) is 0. The lowest BCUT2D eigenvalue weighted by molar-refractivity contribution is -0.143. The summed E-state index contributed by atoms with van der Waals surface area (Å²) < 4.78 is 0. The van der Waals surface area contributed by atoms with Gasteiger partial charge in [0, 0.05) is 12.4 Å². The van der Waals surface area contributed by atoms with Gasteiger partial charge in [-0.2, -0.15) is 0 Å². The average Bonchev–Trinajstić information content (AvgIpc) is 2.31. The zero-order chi connectivity index (χ0) is 11.4. The third-order valence-electron chi connectivity index (χ3n) is 2.92. The van der Waals surface area contributed by atoms with Crippen molar-refractivity contribution in [1.82, 2.24) is 14.9 Å². The van der Waals surface area contributed by atoms with Crippen molar-refractivity contribution in [2.45, 2.75) is 19.4 Å². The minimum absolute atomic E-state index is 0.173. The number of nitrogens with zero attached hydrogens (tertiary/aromatic N) is 3. The molecule has 0 amide bonds. The lowest BCUT2D eigenvalue weighted by Gasteiger charge is -2.29. The highest BCUT2D eigenvalue weighted by molar-refractivity contribution is 5.70. The Morgan fingerprint density at radius 2 is 2.00 bits per heavy atom. The van der Waals surface area contributed by atoms with Gasteiger partial charge in [-0.1, -0.05) is 0 Å². The van der Waals surface area contributed by atoms with Crippen molar-refractivity contribution in [2.24, 2.45) is 5.92 Å². The zero-order valence-corrected chi connectivity index (χ0v) is 9.04. The predicted octanol–water partition coefficient (Wildman–Crippen LogP) is 0.773. The molecular weight excluding hydrogens is 206 g/mol. The molecule has 5 heteroatoms. The number of aliphatic carboxylic acids is 1. The number of piperidine rings is 1. The molecule has 0 aliphatic carbocycles. The van der Waals surface area contributed by atoms with Crippen LogP contribution in [0.5, 0.6) is 0 Å². The molecule has 86 valence electrons. The van der Waals surface area contributed by atoms with Gasteiger partial charge in [0.15, 0.2) is 0 Å². The van der Waals surface area contributed by atoms with E-state index >= 15 is 0 Å². The maximum absolute atomic E-state index is 10.8. The molecule has 16 heavy (non-hydrogen) atoms. The summed E-state index contributed by atoms with van der Waals surface area (Å²) in [4.78, 5) is 21.3. The van der Waals surface area contributed by atoms with Crippen LogP contribution in [0.1, 0.15) is 18.7 Å². The fourth-order valence-electron chi connectivity index (χ4n) is 1.95. The molecule has 1 aromatic heterocycles. The Morgan fingerprint density at radius 3 is 2.56 bits per heavy atom. The van der Waals surface area contributed by atoms with Crippen LogP contribution < -0.4 is 0 Å². The summed E-state index contributed by atoms with van der Waals surface area (Å²) in [6, 6.07) is 1.79. The Labute approximate surface area is 94.1 Å². The van der Waals surface area contributed by atoms with E-state index in [2.05, 4.69) is 14.9 Å². The van der Waals surface area contributed by atoms with Crippen LogP contribution in [0.3, 0.4) is 0 Å². The van der Waals surface area contributed by atoms with E-state index in [1.807, 2.05) is 0 Å². The fraction of sp³-hybridized carbons (Fsp3) is 0.545. The monoisotopic (exact) mass is 221 g/mol. The SMILES string of the molecule is O=C(O)C1CCN(Cc2ncccn2)CC1. The quantitative estimate of drug-likeness (QED) is 0.816. The summed E-state index contributed by atoms with van der Waals surface area (Å²) >= 11 is 0. The highest BCUT2D eigenvalue weighted by Crippen LogP contribution is 2.18. The van der Waals surface area contributed by atoms with Gasteiger partial charge in [-0.3, -0.25) is 9.69 Å². The van der Waals surface area contributed by atoms with Gasteiger partial charge in [0.05, 0.1) is 12.5 Å². The number of aromatic nitrogens is 2. The number of hydrogen-bond donors (Lipinski definition) is 1. The van der Waals surface area contributed by atoms with Crippen LogP contribution in [0.25, 0.3) is 0 Å². The summed E-state index contributed by atoms with van der Waals surface area (Å²) in [6.07, 6.45) is 4.91. The molecule has 2 heterocycles. The van der Waals surface area contributed by atoms with E-state index in [0.29, 0.717) is 6.54 Å². The number of likely N-dealkylation sites (tertiary alicyclic amines) is 1. The molecule has 5 nitrogen and oxygen atoms in total. The Kier molecular flexibility index (Phi) is 3.46. The summed E-state index contributed by atoms with van der Waals surface area (Å²) in [7, 11) is 0. The number of carboxylic acids is 1. The summed E-state index contributed by atoms with van der Waals surface area (Å²) in [5, 5.41) is 8.87. The molecule has 0 saturated carbocycles. The normalized spacial score (nSPS) is 18.5. The molecular formula is C11H15N3O2. The van der Waals surface area contributed by atoms with Crippen LogP contribution in [0, 0.1) is 5.92 Å². The second kappa shape index (κ2) is 5.03. The van der Waals surface area contributed by atoms with Crippen molar-refractivity contribution in [3.8, 4) is 0 Å². The smallest absolute Gasteiger partial charge is 0.306 e. The molecule has 1 saturated heterocycles. The molecule has 2 rings (SSSR count). The molecule has 0 bridgehead atoms. The molecule has 0 spiro atoms. The van der Waals surface area contributed by atoms with E-state index in [1.165, 1.54) is 0 Å². The molecule has 1 N–H and O–H groups in total. The largest absolute Gasteiger partial charge is 0.481 e. The third kappa shape index (κ3) is 2.76. The predicted molar refractivity (Wildman–Crippen MR) is 57.7 cm³/mol. The minimum atomic E-state index is -0.671. The van der Waals surface area contributed by atoms with Gasteiger partial charge in [0.25, 0.3) is 0 Å². The van der Waals surface area contributed by atoms with Gasteiger partial charge in [-0.05, 0) is 32.0 Å². The van der Waals surface area contributed by atoms with E-state index < -0.39 is 5.97 Å². The van der Waals surface area contributed by atoms with E-state index in [0.717, 1.165) is 31.8 Å². The van der Waals surface area contributed by atoms with Crippen LogP contribution >= 0.6 is 0 Å². The number of carbonyl (C=O) groups is 1. The second-order valence-electron chi connectivity index (χ2n) is 4.05. The van der Waals surface area contributed by atoms with E-state index in [1.54, 1.807) is 18.5 Å². The van der Waals surface area contributed by atoms with Crippen molar-refractivity contribution < 1.29 is 9.90 Å². The Morgan fingerprint density at radius 1 is 1.38 bits per heavy atom. The highest BCUT2D eigenvalue weighted by Gasteiger charge is 2.24. The maximum atomic E-state index is 10.8. The Hall–Kier alpha value is -1.49. The molecule has 0 aromatic carbocycles. The second-order valence-corrected chi connectivity index (χ2v) is 4.05. The molecule has 1 fully saturated rings. The summed E-state index contributed by atoms with van der Waals surface area (Å²) in [6.45, 7) is 2.34. The van der Waals surface area contributed by atoms with Crippen LogP contribution in [0.2, 0.25) is 0 Å². The molecule has 0 atom stereocenters. The fourth-order valence-corrected chi connectivity index (χ4v) is 1.95. The lowest BCUT2D eigenvalue weighted by atomic mass is 9.97. The number of hydrogen-bond acceptors (Lipinski definition) is 4. The van der Waals surface area contributed by atoms with Crippen molar-refractivity contribution in [3.05, 3.63) is 24.3 Å². The van der Waals surface area contributed by atoms with E-state index in [-0.39, 0.29) is 5.92 Å².